The first-order chi connectivity index (χ1) is 16.3. The maximum Gasteiger partial charge on any atom is 0.451 e. The summed E-state index contributed by atoms with van der Waals surface area (Å²) in [4.78, 5) is 15.7. The fourth-order valence-corrected chi connectivity index (χ4v) is 3.56. The quantitative estimate of drug-likeness (QED) is 0.354. The summed E-state index contributed by atoms with van der Waals surface area (Å²) in [6, 6.07) is 9.61. The molecule has 0 aliphatic heterocycles. The Morgan fingerprint density at radius 2 is 1.68 bits per heavy atom. The Morgan fingerprint density at radius 3 is 2.32 bits per heavy atom. The topological polar surface area (TPSA) is 72.8 Å². The molecular weight excluding hydrogens is 450 g/mol. The summed E-state index contributed by atoms with van der Waals surface area (Å²) < 4.78 is 57.0. The second-order valence-corrected chi connectivity index (χ2v) is 7.71. The lowest BCUT2D eigenvalue weighted by molar-refractivity contribution is -0.145. The van der Waals surface area contributed by atoms with Crippen LogP contribution in [0.2, 0.25) is 0 Å². The van der Waals surface area contributed by atoms with E-state index in [1.165, 1.54) is 18.5 Å². The normalized spacial score (nSPS) is 12.6. The molecule has 1 atom stereocenters. The van der Waals surface area contributed by atoms with Crippen LogP contribution < -0.4 is 5.32 Å². The number of benzene rings is 2. The Morgan fingerprint density at radius 1 is 0.971 bits per heavy atom. The van der Waals surface area contributed by atoms with Crippen molar-refractivity contribution in [2.24, 2.45) is 0 Å². The molecule has 2 heterocycles. The van der Waals surface area contributed by atoms with Gasteiger partial charge in [-0.15, -0.1) is 0 Å². The lowest BCUT2D eigenvalue weighted by atomic mass is 9.98. The molecule has 0 radical (unpaired) electrons. The molecule has 6 nitrogen and oxygen atoms in total. The molecule has 0 aliphatic carbocycles. The van der Waals surface area contributed by atoms with Crippen LogP contribution in [-0.2, 0) is 17.3 Å². The zero-order chi connectivity index (χ0) is 24.3. The summed E-state index contributed by atoms with van der Waals surface area (Å²) in [5.74, 6) is -1.02. The lowest BCUT2D eigenvalue weighted by Gasteiger charge is -2.18. The summed E-state index contributed by atoms with van der Waals surface area (Å²) in [7, 11) is 1.61. The molecule has 2 aromatic carbocycles. The Balaban J connectivity index is 1.73. The molecule has 0 amide bonds. The number of ether oxygens (including phenoxy) is 1. The molecule has 0 fully saturated rings. The minimum absolute atomic E-state index is 0.331. The van der Waals surface area contributed by atoms with Gasteiger partial charge in [-0.25, -0.2) is 24.3 Å². The molecule has 2 aromatic heterocycles. The molecular formula is C24H21F4N5O. The van der Waals surface area contributed by atoms with Crippen LogP contribution in [0.3, 0.4) is 0 Å². The minimum atomic E-state index is -4.60. The first-order valence-corrected chi connectivity index (χ1v) is 10.4. The van der Waals surface area contributed by atoms with Gasteiger partial charge in [0.1, 0.15) is 18.0 Å². The zero-order valence-electron chi connectivity index (χ0n) is 18.4. The summed E-state index contributed by atoms with van der Waals surface area (Å²) in [6.45, 7) is 2.25. The number of alkyl halides is 3. The molecule has 176 valence electrons. The molecule has 34 heavy (non-hydrogen) atoms. The Labute approximate surface area is 193 Å². The number of nitrogens with zero attached hydrogens (tertiary/aromatic N) is 4. The highest BCUT2D eigenvalue weighted by Gasteiger charge is 2.34. The smallest absolute Gasteiger partial charge is 0.384 e. The van der Waals surface area contributed by atoms with Crippen LogP contribution in [0.5, 0.6) is 0 Å². The highest BCUT2D eigenvalue weighted by Crippen LogP contribution is 2.32. The van der Waals surface area contributed by atoms with Crippen molar-refractivity contribution in [1.82, 2.24) is 19.9 Å². The monoisotopic (exact) mass is 471 g/mol. The van der Waals surface area contributed by atoms with E-state index in [9.17, 15) is 17.6 Å². The van der Waals surface area contributed by atoms with Gasteiger partial charge in [-0.05, 0) is 54.3 Å². The van der Waals surface area contributed by atoms with E-state index < -0.39 is 18.0 Å². The zero-order valence-corrected chi connectivity index (χ0v) is 18.4. The first kappa shape index (κ1) is 23.5. The third-order valence-corrected chi connectivity index (χ3v) is 5.35. The summed E-state index contributed by atoms with van der Waals surface area (Å²) in [5.41, 5.74) is 3.78. The number of hydrogen-bond donors (Lipinski definition) is 1. The van der Waals surface area contributed by atoms with Crippen LogP contribution >= 0.6 is 0 Å². The van der Waals surface area contributed by atoms with Gasteiger partial charge in [-0.2, -0.15) is 13.2 Å². The van der Waals surface area contributed by atoms with Crippen molar-refractivity contribution < 1.29 is 22.3 Å². The van der Waals surface area contributed by atoms with E-state index in [0.29, 0.717) is 24.4 Å². The summed E-state index contributed by atoms with van der Waals surface area (Å²) in [5, 5.41) is 3.94. The molecule has 4 rings (SSSR count). The van der Waals surface area contributed by atoms with Gasteiger partial charge in [0.2, 0.25) is 5.82 Å². The van der Waals surface area contributed by atoms with E-state index >= 15 is 0 Å². The predicted octanol–water partition coefficient (Wildman–Crippen LogP) is 5.61. The highest BCUT2D eigenvalue weighted by molar-refractivity contribution is 5.95. The van der Waals surface area contributed by atoms with Crippen LogP contribution in [0.25, 0.3) is 22.0 Å². The van der Waals surface area contributed by atoms with E-state index in [-0.39, 0.29) is 5.82 Å². The Kier molecular flexibility index (Phi) is 6.69. The van der Waals surface area contributed by atoms with E-state index in [4.69, 9.17) is 4.74 Å². The minimum Gasteiger partial charge on any atom is -0.384 e. The molecule has 0 aliphatic rings. The second-order valence-electron chi connectivity index (χ2n) is 7.71. The second kappa shape index (κ2) is 9.68. The Hall–Kier alpha value is -3.66. The maximum absolute atomic E-state index is 13.4. The fourth-order valence-electron chi connectivity index (χ4n) is 3.56. The predicted molar refractivity (Wildman–Crippen MR) is 120 cm³/mol. The van der Waals surface area contributed by atoms with Crippen LogP contribution in [0.4, 0.5) is 23.4 Å². The average Bonchev–Trinajstić information content (AvgIpc) is 2.82. The average molecular weight is 471 g/mol. The van der Waals surface area contributed by atoms with Crippen LogP contribution in [0.1, 0.15) is 29.9 Å². The SMILES string of the molecule is COCCc1cc(-c2ccc(F)cc2)cc2c(N[C@H](C)c3cnc(C(F)(F)F)nc3)ncnc12. The number of aromatic nitrogens is 4. The lowest BCUT2D eigenvalue weighted by Crippen LogP contribution is -2.14. The van der Waals surface area contributed by atoms with Gasteiger partial charge in [0.15, 0.2) is 0 Å². The van der Waals surface area contributed by atoms with Crippen molar-refractivity contribution in [2.75, 3.05) is 19.0 Å². The first-order valence-electron chi connectivity index (χ1n) is 10.4. The van der Waals surface area contributed by atoms with Gasteiger partial charge in [0.05, 0.1) is 18.2 Å². The van der Waals surface area contributed by atoms with Crippen molar-refractivity contribution in [2.45, 2.75) is 25.6 Å². The highest BCUT2D eigenvalue weighted by atomic mass is 19.4. The number of nitrogens with one attached hydrogen (secondary N) is 1. The maximum atomic E-state index is 13.4. The summed E-state index contributed by atoms with van der Waals surface area (Å²) in [6.07, 6.45) is -0.293. The van der Waals surface area contributed by atoms with E-state index in [2.05, 4.69) is 25.3 Å². The number of rotatable bonds is 7. The Bertz CT molecular complexity index is 1280. The van der Waals surface area contributed by atoms with Gasteiger partial charge in [-0.3, -0.25) is 0 Å². The number of hydrogen-bond acceptors (Lipinski definition) is 6. The van der Waals surface area contributed by atoms with Crippen molar-refractivity contribution in [3.05, 3.63) is 77.9 Å². The summed E-state index contributed by atoms with van der Waals surface area (Å²) >= 11 is 0. The van der Waals surface area contributed by atoms with Gasteiger partial charge in [-0.1, -0.05) is 12.1 Å². The third-order valence-electron chi connectivity index (χ3n) is 5.35. The van der Waals surface area contributed by atoms with Crippen LogP contribution in [0.15, 0.2) is 55.1 Å². The van der Waals surface area contributed by atoms with Crippen LogP contribution in [0, 0.1) is 5.82 Å². The van der Waals surface area contributed by atoms with E-state index in [1.54, 1.807) is 26.2 Å². The molecule has 0 spiro atoms. The number of anilines is 1. The molecule has 1 N–H and O–H groups in total. The molecule has 10 heteroatoms. The van der Waals surface area contributed by atoms with E-state index in [0.717, 1.165) is 40.0 Å². The molecule has 0 bridgehead atoms. The van der Waals surface area contributed by atoms with Crippen molar-refractivity contribution in [3.63, 3.8) is 0 Å². The number of halogens is 4. The van der Waals surface area contributed by atoms with Gasteiger partial charge >= 0.3 is 6.18 Å². The number of methoxy groups -OCH3 is 1. The molecule has 4 aromatic rings. The van der Waals surface area contributed by atoms with E-state index in [1.807, 2.05) is 12.1 Å². The largest absolute Gasteiger partial charge is 0.451 e. The standard InChI is InChI=1S/C24H21F4N5O/c1-14(18-11-29-23(30-12-18)24(26,27)28)33-22-20-10-17(15-3-5-19(25)6-4-15)9-16(7-8-34-2)21(20)31-13-32-22/h3-6,9-14H,7-8H2,1-2H3,(H,31,32,33)/t14-/m1/s1. The number of fused-ring (bicyclic) bond motifs is 1. The van der Waals surface area contributed by atoms with Gasteiger partial charge in [0, 0.05) is 30.5 Å². The fraction of sp³-hybridized carbons (Fsp3) is 0.250. The van der Waals surface area contributed by atoms with Crippen LogP contribution in [-0.4, -0.2) is 33.7 Å². The van der Waals surface area contributed by atoms with Crippen molar-refractivity contribution in [1.29, 1.82) is 0 Å². The molecule has 0 saturated heterocycles. The van der Waals surface area contributed by atoms with Gasteiger partial charge in [0.25, 0.3) is 0 Å². The molecule has 0 saturated carbocycles. The van der Waals surface area contributed by atoms with Crippen molar-refractivity contribution >= 4 is 16.7 Å². The van der Waals surface area contributed by atoms with Gasteiger partial charge < -0.3 is 10.1 Å². The molecule has 0 unspecified atom stereocenters. The van der Waals surface area contributed by atoms with Crippen molar-refractivity contribution in [3.8, 4) is 11.1 Å². The third kappa shape index (κ3) is 5.12.